The fourth-order valence-electron chi connectivity index (χ4n) is 2.16. The van der Waals surface area contributed by atoms with Crippen LogP contribution in [0.25, 0.3) is 0 Å². The minimum absolute atomic E-state index is 0.0271. The van der Waals surface area contributed by atoms with Crippen LogP contribution >= 0.6 is 11.6 Å². The number of nitrogens with one attached hydrogen (secondary N) is 1. The van der Waals surface area contributed by atoms with E-state index in [4.69, 9.17) is 16.3 Å². The van der Waals surface area contributed by atoms with Crippen LogP contribution in [0.2, 0.25) is 5.02 Å². The molecule has 0 atom stereocenters. The van der Waals surface area contributed by atoms with E-state index in [-0.39, 0.29) is 11.8 Å². The number of carbonyl (C=O) groups is 2. The van der Waals surface area contributed by atoms with Crippen molar-refractivity contribution in [2.45, 2.75) is 25.9 Å². The maximum Gasteiger partial charge on any atom is 0.267 e. The van der Waals surface area contributed by atoms with E-state index >= 15 is 0 Å². The molecule has 0 heterocycles. The Morgan fingerprint density at radius 2 is 1.62 bits per heavy atom. The molecule has 0 radical (unpaired) electrons. The molecule has 2 aromatic rings. The van der Waals surface area contributed by atoms with Crippen molar-refractivity contribution in [3.8, 4) is 5.75 Å². The Morgan fingerprint density at radius 3 is 2.15 bits per heavy atom. The first kappa shape index (κ1) is 19.8. The number of ether oxygens (including phenoxy) is 1. The van der Waals surface area contributed by atoms with Crippen molar-refractivity contribution in [1.29, 1.82) is 0 Å². The number of likely N-dealkylation sites (N-methyl/N-ethyl adjacent to an activating group) is 1. The van der Waals surface area contributed by atoms with Crippen molar-refractivity contribution in [2.24, 2.45) is 0 Å². The molecule has 1 N–H and O–H groups in total. The minimum atomic E-state index is -1.06. The van der Waals surface area contributed by atoms with Gasteiger partial charge in [-0.3, -0.25) is 9.59 Å². The summed E-state index contributed by atoms with van der Waals surface area (Å²) in [7, 11) is 3.44. The summed E-state index contributed by atoms with van der Waals surface area (Å²) in [5.41, 5.74) is 0.468. The molecule has 0 bridgehead atoms. The zero-order valence-electron chi connectivity index (χ0n) is 15.4. The molecule has 5 nitrogen and oxygen atoms in total. The Balaban J connectivity index is 1.99. The maximum atomic E-state index is 12.5. The molecule has 0 unspecified atom stereocenters. The molecule has 2 aromatic carbocycles. The Morgan fingerprint density at radius 1 is 1.04 bits per heavy atom. The van der Waals surface area contributed by atoms with Gasteiger partial charge in [-0.05, 0) is 55.8 Å². The molecule has 0 saturated heterocycles. The van der Waals surface area contributed by atoms with Crippen LogP contribution in [0.3, 0.4) is 0 Å². The smallest absolute Gasteiger partial charge is 0.267 e. The normalized spacial score (nSPS) is 11.0. The Kier molecular flexibility index (Phi) is 6.27. The SMILES string of the molecule is CN(C)C(=O)Cc1ccc(NC(=O)C(C)(C)Oc2ccc(Cl)cc2)cc1. The van der Waals surface area contributed by atoms with Crippen molar-refractivity contribution in [3.63, 3.8) is 0 Å². The molecule has 0 aliphatic carbocycles. The van der Waals surface area contributed by atoms with E-state index in [0.29, 0.717) is 22.9 Å². The topological polar surface area (TPSA) is 58.6 Å². The molecule has 2 rings (SSSR count). The molecule has 0 fully saturated rings. The number of carbonyl (C=O) groups excluding carboxylic acids is 2. The number of rotatable bonds is 6. The minimum Gasteiger partial charge on any atom is -0.478 e. The fraction of sp³-hybridized carbons (Fsp3) is 0.300. The molecule has 26 heavy (non-hydrogen) atoms. The lowest BCUT2D eigenvalue weighted by Crippen LogP contribution is -2.42. The maximum absolute atomic E-state index is 12.5. The zero-order valence-corrected chi connectivity index (χ0v) is 16.1. The summed E-state index contributed by atoms with van der Waals surface area (Å²) in [4.78, 5) is 25.8. The number of nitrogens with zero attached hydrogens (tertiary/aromatic N) is 1. The summed E-state index contributed by atoms with van der Waals surface area (Å²) < 4.78 is 5.77. The first-order valence-corrected chi connectivity index (χ1v) is 8.60. The van der Waals surface area contributed by atoms with Crippen molar-refractivity contribution in [1.82, 2.24) is 4.90 Å². The van der Waals surface area contributed by atoms with Crippen LogP contribution in [0.15, 0.2) is 48.5 Å². The first-order valence-electron chi connectivity index (χ1n) is 8.22. The molecule has 0 saturated carbocycles. The van der Waals surface area contributed by atoms with E-state index in [2.05, 4.69) is 5.32 Å². The third kappa shape index (κ3) is 5.49. The summed E-state index contributed by atoms with van der Waals surface area (Å²) in [6, 6.07) is 14.0. The lowest BCUT2D eigenvalue weighted by atomic mass is 10.1. The predicted molar refractivity (Wildman–Crippen MR) is 104 cm³/mol. The van der Waals surface area contributed by atoms with Gasteiger partial charge in [-0.1, -0.05) is 23.7 Å². The van der Waals surface area contributed by atoms with Gasteiger partial charge in [-0.15, -0.1) is 0 Å². The van der Waals surface area contributed by atoms with Gasteiger partial charge in [0.1, 0.15) is 5.75 Å². The van der Waals surface area contributed by atoms with Gasteiger partial charge in [0, 0.05) is 24.8 Å². The average Bonchev–Trinajstić information content (AvgIpc) is 2.58. The van der Waals surface area contributed by atoms with Crippen LogP contribution in [0.5, 0.6) is 5.75 Å². The standard InChI is InChI=1S/C20H23ClN2O3/c1-20(2,26-17-11-7-15(21)8-12-17)19(25)22-16-9-5-14(6-10-16)13-18(24)23(3)4/h5-12H,13H2,1-4H3,(H,22,25). The van der Waals surface area contributed by atoms with Crippen LogP contribution in [0.1, 0.15) is 19.4 Å². The van der Waals surface area contributed by atoms with Crippen molar-refractivity contribution >= 4 is 29.1 Å². The monoisotopic (exact) mass is 374 g/mol. The van der Waals surface area contributed by atoms with E-state index in [9.17, 15) is 9.59 Å². The molecule has 0 aliphatic heterocycles. The van der Waals surface area contributed by atoms with E-state index in [1.165, 1.54) is 0 Å². The van der Waals surface area contributed by atoms with Gasteiger partial charge >= 0.3 is 0 Å². The molecule has 6 heteroatoms. The van der Waals surface area contributed by atoms with Gasteiger partial charge in [0.15, 0.2) is 5.60 Å². The fourth-order valence-corrected chi connectivity index (χ4v) is 2.29. The van der Waals surface area contributed by atoms with E-state index in [1.807, 2.05) is 12.1 Å². The first-order chi connectivity index (χ1) is 12.2. The van der Waals surface area contributed by atoms with Gasteiger partial charge in [-0.2, -0.15) is 0 Å². The highest BCUT2D eigenvalue weighted by Crippen LogP contribution is 2.22. The van der Waals surface area contributed by atoms with E-state index in [1.54, 1.807) is 69.2 Å². The Hall–Kier alpha value is -2.53. The molecule has 138 valence electrons. The lowest BCUT2D eigenvalue weighted by Gasteiger charge is -2.25. The number of amides is 2. The number of hydrogen-bond acceptors (Lipinski definition) is 3. The number of hydrogen-bond donors (Lipinski definition) is 1. The van der Waals surface area contributed by atoms with Crippen molar-refractivity contribution < 1.29 is 14.3 Å². The zero-order chi connectivity index (χ0) is 19.3. The van der Waals surface area contributed by atoms with Gasteiger partial charge < -0.3 is 15.0 Å². The third-order valence-corrected chi connectivity index (χ3v) is 4.05. The molecule has 0 spiro atoms. The van der Waals surface area contributed by atoms with E-state index in [0.717, 1.165) is 5.56 Å². The van der Waals surface area contributed by atoms with Gasteiger partial charge in [-0.25, -0.2) is 0 Å². The second kappa shape index (κ2) is 8.23. The quantitative estimate of drug-likeness (QED) is 0.837. The number of anilines is 1. The molecule has 0 aromatic heterocycles. The van der Waals surface area contributed by atoms with Crippen molar-refractivity contribution in [2.75, 3.05) is 19.4 Å². The third-order valence-electron chi connectivity index (χ3n) is 3.80. The van der Waals surface area contributed by atoms with Crippen molar-refractivity contribution in [3.05, 3.63) is 59.1 Å². The Bertz CT molecular complexity index is 769. The van der Waals surface area contributed by atoms with Crippen LogP contribution in [-0.2, 0) is 16.0 Å². The van der Waals surface area contributed by atoms with Crippen LogP contribution in [0.4, 0.5) is 5.69 Å². The second-order valence-corrected chi connectivity index (χ2v) is 7.12. The lowest BCUT2D eigenvalue weighted by molar-refractivity contribution is -0.129. The molecule has 0 aliphatic rings. The molecular formula is C20H23ClN2O3. The van der Waals surface area contributed by atoms with Crippen LogP contribution in [-0.4, -0.2) is 36.4 Å². The highest BCUT2D eigenvalue weighted by atomic mass is 35.5. The molecular weight excluding hydrogens is 352 g/mol. The summed E-state index contributed by atoms with van der Waals surface area (Å²) in [5, 5.41) is 3.44. The highest BCUT2D eigenvalue weighted by molar-refractivity contribution is 6.30. The highest BCUT2D eigenvalue weighted by Gasteiger charge is 2.30. The van der Waals surface area contributed by atoms with Gasteiger partial charge in [0.2, 0.25) is 5.91 Å². The van der Waals surface area contributed by atoms with Crippen LogP contribution in [0, 0.1) is 0 Å². The van der Waals surface area contributed by atoms with Gasteiger partial charge in [0.25, 0.3) is 5.91 Å². The Labute approximate surface area is 158 Å². The van der Waals surface area contributed by atoms with Gasteiger partial charge in [0.05, 0.1) is 6.42 Å². The predicted octanol–water partition coefficient (Wildman–Crippen LogP) is 3.77. The summed E-state index contributed by atoms with van der Waals surface area (Å²) >= 11 is 5.86. The van der Waals surface area contributed by atoms with Crippen LogP contribution < -0.4 is 10.1 Å². The second-order valence-electron chi connectivity index (χ2n) is 6.68. The summed E-state index contributed by atoms with van der Waals surface area (Å²) in [5.74, 6) is 0.316. The number of benzene rings is 2. The number of halogens is 1. The average molecular weight is 375 g/mol. The molecule has 2 amide bonds. The largest absolute Gasteiger partial charge is 0.478 e. The summed E-state index contributed by atoms with van der Waals surface area (Å²) in [6.45, 7) is 3.39. The van der Waals surface area contributed by atoms with E-state index < -0.39 is 5.60 Å². The summed E-state index contributed by atoms with van der Waals surface area (Å²) in [6.07, 6.45) is 0.326.